The molecular formula is C12H20N2O2S. The molecule has 2 fully saturated rings. The SMILES string of the molecule is CC(=O)N1CCC(C(=O)N2CCSCC2)CC1. The van der Waals surface area contributed by atoms with Crippen LogP contribution in [0, 0.1) is 5.92 Å². The predicted molar refractivity (Wildman–Crippen MR) is 68.9 cm³/mol. The Morgan fingerprint density at radius 1 is 1.00 bits per heavy atom. The molecule has 0 spiro atoms. The van der Waals surface area contributed by atoms with E-state index in [4.69, 9.17) is 0 Å². The lowest BCUT2D eigenvalue weighted by atomic mass is 9.95. The van der Waals surface area contributed by atoms with Crippen LogP contribution in [0.15, 0.2) is 0 Å². The van der Waals surface area contributed by atoms with Gasteiger partial charge in [0.15, 0.2) is 0 Å². The Morgan fingerprint density at radius 3 is 2.12 bits per heavy atom. The molecule has 0 aromatic carbocycles. The minimum Gasteiger partial charge on any atom is -0.343 e. The molecule has 0 unspecified atom stereocenters. The van der Waals surface area contributed by atoms with Gasteiger partial charge in [0, 0.05) is 50.5 Å². The van der Waals surface area contributed by atoms with Crippen molar-refractivity contribution < 1.29 is 9.59 Å². The molecule has 96 valence electrons. The lowest BCUT2D eigenvalue weighted by Crippen LogP contribution is -2.46. The molecule has 0 aromatic rings. The number of nitrogens with zero attached hydrogens (tertiary/aromatic N) is 2. The topological polar surface area (TPSA) is 40.6 Å². The maximum atomic E-state index is 12.2. The van der Waals surface area contributed by atoms with Gasteiger partial charge in [0.2, 0.25) is 11.8 Å². The highest BCUT2D eigenvalue weighted by Gasteiger charge is 2.29. The normalized spacial score (nSPS) is 22.6. The molecule has 0 saturated carbocycles. The molecule has 0 bridgehead atoms. The van der Waals surface area contributed by atoms with E-state index in [9.17, 15) is 9.59 Å². The predicted octanol–water partition coefficient (Wildman–Crippen LogP) is 0.820. The van der Waals surface area contributed by atoms with Crippen LogP contribution in [0.5, 0.6) is 0 Å². The minimum absolute atomic E-state index is 0.130. The molecule has 2 saturated heterocycles. The molecule has 2 amide bonds. The number of rotatable bonds is 1. The lowest BCUT2D eigenvalue weighted by Gasteiger charge is -2.35. The van der Waals surface area contributed by atoms with Crippen LogP contribution in [0.2, 0.25) is 0 Å². The third kappa shape index (κ3) is 3.15. The molecule has 0 N–H and O–H groups in total. The van der Waals surface area contributed by atoms with Gasteiger partial charge in [-0.2, -0.15) is 11.8 Å². The highest BCUT2D eigenvalue weighted by Crippen LogP contribution is 2.21. The third-order valence-electron chi connectivity index (χ3n) is 3.61. The molecule has 2 rings (SSSR count). The summed E-state index contributed by atoms with van der Waals surface area (Å²) in [4.78, 5) is 27.3. The number of carbonyl (C=O) groups excluding carboxylic acids is 2. The van der Waals surface area contributed by atoms with Crippen LogP contribution in [0.1, 0.15) is 19.8 Å². The fourth-order valence-electron chi connectivity index (χ4n) is 2.48. The standard InChI is InChI=1S/C12H20N2O2S/c1-10(15)13-4-2-11(3-5-13)12(16)14-6-8-17-9-7-14/h11H,2-9H2,1H3. The van der Waals surface area contributed by atoms with Gasteiger partial charge >= 0.3 is 0 Å². The van der Waals surface area contributed by atoms with Crippen molar-refractivity contribution in [1.82, 2.24) is 9.80 Å². The first-order chi connectivity index (χ1) is 8.18. The smallest absolute Gasteiger partial charge is 0.225 e. The van der Waals surface area contributed by atoms with Crippen LogP contribution < -0.4 is 0 Å². The first kappa shape index (κ1) is 12.7. The maximum Gasteiger partial charge on any atom is 0.225 e. The summed E-state index contributed by atoms with van der Waals surface area (Å²) in [6, 6.07) is 0. The molecule has 5 heteroatoms. The van der Waals surface area contributed by atoms with E-state index in [0.29, 0.717) is 5.91 Å². The second-order valence-electron chi connectivity index (χ2n) is 4.72. The number of amides is 2. The number of likely N-dealkylation sites (tertiary alicyclic amines) is 1. The second-order valence-corrected chi connectivity index (χ2v) is 5.94. The molecule has 0 radical (unpaired) electrons. The van der Waals surface area contributed by atoms with Crippen LogP contribution in [0.4, 0.5) is 0 Å². The van der Waals surface area contributed by atoms with Crippen molar-refractivity contribution in [3.63, 3.8) is 0 Å². The molecule has 0 aromatic heterocycles. The summed E-state index contributed by atoms with van der Waals surface area (Å²) in [5.41, 5.74) is 0. The van der Waals surface area contributed by atoms with E-state index in [1.807, 2.05) is 21.6 Å². The Hall–Kier alpha value is -0.710. The van der Waals surface area contributed by atoms with Gasteiger partial charge in [-0.3, -0.25) is 9.59 Å². The summed E-state index contributed by atoms with van der Waals surface area (Å²) in [5, 5.41) is 0. The lowest BCUT2D eigenvalue weighted by molar-refractivity contribution is -0.139. The fourth-order valence-corrected chi connectivity index (χ4v) is 3.39. The summed E-state index contributed by atoms with van der Waals surface area (Å²) in [6.07, 6.45) is 1.67. The van der Waals surface area contributed by atoms with Crippen LogP contribution in [0.25, 0.3) is 0 Å². The van der Waals surface area contributed by atoms with E-state index in [2.05, 4.69) is 0 Å². The summed E-state index contributed by atoms with van der Waals surface area (Å²) in [6.45, 7) is 4.89. The van der Waals surface area contributed by atoms with Crippen molar-refractivity contribution in [1.29, 1.82) is 0 Å². The average molecular weight is 256 g/mol. The summed E-state index contributed by atoms with van der Waals surface area (Å²) >= 11 is 1.92. The quantitative estimate of drug-likeness (QED) is 0.697. The van der Waals surface area contributed by atoms with Gasteiger partial charge in [0.05, 0.1) is 0 Å². The molecule has 17 heavy (non-hydrogen) atoms. The Kier molecular flexibility index (Phi) is 4.31. The van der Waals surface area contributed by atoms with Crippen LogP contribution in [-0.4, -0.2) is 59.3 Å². The monoisotopic (exact) mass is 256 g/mol. The Balaban J connectivity index is 1.83. The number of thioether (sulfide) groups is 1. The highest BCUT2D eigenvalue weighted by atomic mass is 32.2. The van der Waals surface area contributed by atoms with Crippen LogP contribution >= 0.6 is 11.8 Å². The van der Waals surface area contributed by atoms with E-state index >= 15 is 0 Å². The van der Waals surface area contributed by atoms with E-state index in [-0.39, 0.29) is 11.8 Å². The number of hydrogen-bond acceptors (Lipinski definition) is 3. The number of carbonyl (C=O) groups is 2. The van der Waals surface area contributed by atoms with Gasteiger partial charge in [-0.1, -0.05) is 0 Å². The zero-order chi connectivity index (χ0) is 12.3. The summed E-state index contributed by atoms with van der Waals surface area (Å²) in [5.74, 6) is 2.73. The van der Waals surface area contributed by atoms with Crippen molar-refractivity contribution in [3.05, 3.63) is 0 Å². The van der Waals surface area contributed by atoms with Gasteiger partial charge in [-0.05, 0) is 12.8 Å². The van der Waals surface area contributed by atoms with Gasteiger partial charge in [0.25, 0.3) is 0 Å². The molecule has 2 heterocycles. The van der Waals surface area contributed by atoms with Gasteiger partial charge < -0.3 is 9.80 Å². The third-order valence-corrected chi connectivity index (χ3v) is 4.55. The van der Waals surface area contributed by atoms with Gasteiger partial charge in [0.1, 0.15) is 0 Å². The van der Waals surface area contributed by atoms with E-state index in [1.54, 1.807) is 6.92 Å². The molecule has 0 aliphatic carbocycles. The molecule has 2 aliphatic rings. The summed E-state index contributed by atoms with van der Waals surface area (Å²) in [7, 11) is 0. The number of hydrogen-bond donors (Lipinski definition) is 0. The van der Waals surface area contributed by atoms with E-state index < -0.39 is 0 Å². The minimum atomic E-state index is 0.130. The molecular weight excluding hydrogens is 236 g/mol. The van der Waals surface area contributed by atoms with Crippen molar-refractivity contribution in [3.8, 4) is 0 Å². The Bertz CT molecular complexity index is 295. The zero-order valence-electron chi connectivity index (χ0n) is 10.4. The van der Waals surface area contributed by atoms with Crippen LogP contribution in [0.3, 0.4) is 0 Å². The zero-order valence-corrected chi connectivity index (χ0v) is 11.2. The van der Waals surface area contributed by atoms with Crippen molar-refractivity contribution in [2.75, 3.05) is 37.7 Å². The molecule has 0 atom stereocenters. The fraction of sp³-hybridized carbons (Fsp3) is 0.833. The second kappa shape index (κ2) is 5.76. The summed E-state index contributed by atoms with van der Waals surface area (Å²) < 4.78 is 0. The first-order valence-electron chi connectivity index (χ1n) is 6.30. The van der Waals surface area contributed by atoms with E-state index in [1.165, 1.54) is 0 Å². The van der Waals surface area contributed by atoms with E-state index in [0.717, 1.165) is 50.5 Å². The first-order valence-corrected chi connectivity index (χ1v) is 7.46. The average Bonchev–Trinajstić information content (AvgIpc) is 2.39. The van der Waals surface area contributed by atoms with Crippen molar-refractivity contribution in [2.24, 2.45) is 5.92 Å². The largest absolute Gasteiger partial charge is 0.343 e. The van der Waals surface area contributed by atoms with Gasteiger partial charge in [-0.15, -0.1) is 0 Å². The Labute approximate surface area is 107 Å². The highest BCUT2D eigenvalue weighted by molar-refractivity contribution is 7.99. The van der Waals surface area contributed by atoms with Crippen molar-refractivity contribution >= 4 is 23.6 Å². The molecule has 2 aliphatic heterocycles. The number of piperidine rings is 1. The molecule has 4 nitrogen and oxygen atoms in total. The maximum absolute atomic E-state index is 12.2. The van der Waals surface area contributed by atoms with Gasteiger partial charge in [-0.25, -0.2) is 0 Å². The van der Waals surface area contributed by atoms with Crippen LogP contribution in [-0.2, 0) is 9.59 Å². The Morgan fingerprint density at radius 2 is 1.59 bits per heavy atom. The van der Waals surface area contributed by atoms with Crippen molar-refractivity contribution in [2.45, 2.75) is 19.8 Å².